The molecule has 3 heteroatoms. The van der Waals surface area contributed by atoms with E-state index in [1.165, 1.54) is 0 Å². The van der Waals surface area contributed by atoms with Gasteiger partial charge in [0.25, 0.3) is 0 Å². The number of nitrogens with two attached hydrogens (primary N) is 2. The molecule has 0 aliphatic heterocycles. The molecule has 1 aromatic carbocycles. The van der Waals surface area contributed by atoms with Crippen LogP contribution in [0.3, 0.4) is 0 Å². The van der Waals surface area contributed by atoms with Crippen LogP contribution in [0.25, 0.3) is 0 Å². The van der Waals surface area contributed by atoms with Crippen LogP contribution < -0.4 is 11.5 Å². The standard InChI is InChI=1S/C6H8N2.C5H10O/c7-5-3-1-2-4-6(5)8;1-3-5(6)4-2/h1-4H,7-8H2;3-4H2,1-2H3. The number of para-hydroxylation sites is 2. The third kappa shape index (κ3) is 5.19. The maximum atomic E-state index is 10.2. The SMILES string of the molecule is CCC(=O)CC.Nc1ccccc1N. The van der Waals surface area contributed by atoms with E-state index in [-0.39, 0.29) is 0 Å². The number of benzene rings is 1. The van der Waals surface area contributed by atoms with Gasteiger partial charge in [0.15, 0.2) is 0 Å². The monoisotopic (exact) mass is 194 g/mol. The first-order valence-electron chi connectivity index (χ1n) is 4.73. The first-order valence-corrected chi connectivity index (χ1v) is 4.73. The second-order valence-electron chi connectivity index (χ2n) is 2.87. The van der Waals surface area contributed by atoms with Crippen LogP contribution in [0.5, 0.6) is 0 Å². The van der Waals surface area contributed by atoms with E-state index in [9.17, 15) is 4.79 Å². The summed E-state index contributed by atoms with van der Waals surface area (Å²) in [5.41, 5.74) is 12.1. The minimum absolute atomic E-state index is 0.343. The van der Waals surface area contributed by atoms with Crippen LogP contribution in [-0.4, -0.2) is 5.78 Å². The van der Waals surface area contributed by atoms with Crippen molar-refractivity contribution in [3.05, 3.63) is 24.3 Å². The number of Topliss-reactive ketones (excluding diaryl/α,β-unsaturated/α-hetero) is 1. The van der Waals surface area contributed by atoms with Crippen molar-refractivity contribution in [2.45, 2.75) is 26.7 Å². The third-order valence-electron chi connectivity index (χ3n) is 1.78. The van der Waals surface area contributed by atoms with Gasteiger partial charge in [0.2, 0.25) is 0 Å². The fourth-order valence-corrected chi connectivity index (χ4v) is 0.761. The Morgan fingerprint density at radius 2 is 1.43 bits per heavy atom. The van der Waals surface area contributed by atoms with E-state index in [1.807, 2.05) is 26.0 Å². The summed E-state index contributed by atoms with van der Waals surface area (Å²) in [5.74, 6) is 0.343. The first kappa shape index (κ1) is 12.5. The molecule has 1 aromatic rings. The van der Waals surface area contributed by atoms with Gasteiger partial charge >= 0.3 is 0 Å². The number of hydrogen-bond acceptors (Lipinski definition) is 3. The lowest BCUT2D eigenvalue weighted by Crippen LogP contribution is -1.91. The van der Waals surface area contributed by atoms with Gasteiger partial charge in [0.1, 0.15) is 5.78 Å². The van der Waals surface area contributed by atoms with Gasteiger partial charge in [-0.2, -0.15) is 0 Å². The molecule has 0 radical (unpaired) electrons. The van der Waals surface area contributed by atoms with Gasteiger partial charge in [-0.3, -0.25) is 4.79 Å². The van der Waals surface area contributed by atoms with Crippen LogP contribution >= 0.6 is 0 Å². The first-order chi connectivity index (χ1) is 6.61. The summed E-state index contributed by atoms with van der Waals surface area (Å²) in [6.45, 7) is 3.76. The predicted molar refractivity (Wildman–Crippen MR) is 60.9 cm³/mol. The maximum absolute atomic E-state index is 10.2. The lowest BCUT2D eigenvalue weighted by molar-refractivity contribution is -0.118. The fourth-order valence-electron chi connectivity index (χ4n) is 0.761. The van der Waals surface area contributed by atoms with Crippen LogP contribution in [0, 0.1) is 0 Å². The Kier molecular flexibility index (Phi) is 6.20. The Morgan fingerprint density at radius 3 is 1.57 bits per heavy atom. The van der Waals surface area contributed by atoms with Crippen molar-refractivity contribution in [1.29, 1.82) is 0 Å². The van der Waals surface area contributed by atoms with E-state index in [4.69, 9.17) is 11.5 Å². The number of carbonyl (C=O) groups excluding carboxylic acids is 1. The molecule has 78 valence electrons. The smallest absolute Gasteiger partial charge is 0.132 e. The second-order valence-corrected chi connectivity index (χ2v) is 2.87. The largest absolute Gasteiger partial charge is 0.397 e. The van der Waals surface area contributed by atoms with Crippen LogP contribution in [0.1, 0.15) is 26.7 Å². The maximum Gasteiger partial charge on any atom is 0.132 e. The molecule has 14 heavy (non-hydrogen) atoms. The summed E-state index contributed by atoms with van der Waals surface area (Å²) in [7, 11) is 0. The molecule has 1 rings (SSSR count). The molecule has 0 aliphatic carbocycles. The van der Waals surface area contributed by atoms with Crippen LogP contribution in [-0.2, 0) is 4.79 Å². The van der Waals surface area contributed by atoms with Gasteiger partial charge < -0.3 is 11.5 Å². The summed E-state index contributed by atoms with van der Waals surface area (Å²) in [6.07, 6.45) is 1.38. The Bertz CT molecular complexity index is 257. The van der Waals surface area contributed by atoms with Gasteiger partial charge in [-0.25, -0.2) is 0 Å². The minimum Gasteiger partial charge on any atom is -0.397 e. The topological polar surface area (TPSA) is 69.1 Å². The van der Waals surface area contributed by atoms with E-state index in [2.05, 4.69) is 0 Å². The molecule has 0 saturated heterocycles. The molecular weight excluding hydrogens is 176 g/mol. The number of ketones is 1. The molecule has 0 aromatic heterocycles. The normalized spacial score (nSPS) is 8.71. The molecule has 0 bridgehead atoms. The molecule has 0 amide bonds. The van der Waals surface area contributed by atoms with Crippen LogP contribution in [0.4, 0.5) is 11.4 Å². The summed E-state index contributed by atoms with van der Waals surface area (Å²) in [5, 5.41) is 0. The Balaban J connectivity index is 0.000000255. The molecular formula is C11H18N2O. The van der Waals surface area contributed by atoms with E-state index in [0.29, 0.717) is 30.0 Å². The summed E-state index contributed by atoms with van der Waals surface area (Å²) >= 11 is 0. The van der Waals surface area contributed by atoms with Gasteiger partial charge in [0, 0.05) is 12.8 Å². The number of rotatable bonds is 2. The zero-order valence-electron chi connectivity index (χ0n) is 8.79. The third-order valence-corrected chi connectivity index (χ3v) is 1.78. The second kappa shape index (κ2) is 6.95. The van der Waals surface area contributed by atoms with E-state index in [1.54, 1.807) is 12.1 Å². The highest BCUT2D eigenvalue weighted by Gasteiger charge is 1.86. The molecule has 0 saturated carbocycles. The van der Waals surface area contributed by atoms with Crippen molar-refractivity contribution in [2.24, 2.45) is 0 Å². The number of anilines is 2. The van der Waals surface area contributed by atoms with Gasteiger partial charge in [-0.05, 0) is 12.1 Å². The molecule has 0 unspecified atom stereocenters. The minimum atomic E-state index is 0.343. The highest BCUT2D eigenvalue weighted by molar-refractivity contribution is 5.77. The molecule has 0 heterocycles. The van der Waals surface area contributed by atoms with Crippen molar-refractivity contribution in [3.8, 4) is 0 Å². The highest BCUT2D eigenvalue weighted by Crippen LogP contribution is 2.10. The predicted octanol–water partition coefficient (Wildman–Crippen LogP) is 2.23. The van der Waals surface area contributed by atoms with Crippen molar-refractivity contribution in [2.75, 3.05) is 11.5 Å². The van der Waals surface area contributed by atoms with E-state index < -0.39 is 0 Å². The van der Waals surface area contributed by atoms with Crippen molar-refractivity contribution >= 4 is 17.2 Å². The number of hydrogen-bond donors (Lipinski definition) is 2. The van der Waals surface area contributed by atoms with Gasteiger partial charge in [0.05, 0.1) is 11.4 Å². The van der Waals surface area contributed by atoms with E-state index >= 15 is 0 Å². The summed E-state index contributed by atoms with van der Waals surface area (Å²) in [6, 6.07) is 7.25. The van der Waals surface area contributed by atoms with Crippen molar-refractivity contribution in [1.82, 2.24) is 0 Å². The average molecular weight is 194 g/mol. The van der Waals surface area contributed by atoms with Gasteiger partial charge in [-0.15, -0.1) is 0 Å². The number of carbonyl (C=O) groups is 1. The molecule has 0 aliphatic rings. The van der Waals surface area contributed by atoms with Crippen LogP contribution in [0.2, 0.25) is 0 Å². The number of nitrogen functional groups attached to an aromatic ring is 2. The van der Waals surface area contributed by atoms with Crippen LogP contribution in [0.15, 0.2) is 24.3 Å². The molecule has 0 spiro atoms. The summed E-state index contributed by atoms with van der Waals surface area (Å²) < 4.78 is 0. The van der Waals surface area contributed by atoms with Gasteiger partial charge in [-0.1, -0.05) is 26.0 Å². The lowest BCUT2D eigenvalue weighted by atomic mass is 10.3. The van der Waals surface area contributed by atoms with Crippen molar-refractivity contribution in [3.63, 3.8) is 0 Å². The molecule has 0 fully saturated rings. The molecule has 3 nitrogen and oxygen atoms in total. The van der Waals surface area contributed by atoms with E-state index in [0.717, 1.165) is 0 Å². The Hall–Kier alpha value is -1.51. The zero-order chi connectivity index (χ0) is 11.0. The fraction of sp³-hybridized carbons (Fsp3) is 0.364. The quantitative estimate of drug-likeness (QED) is 0.709. The highest BCUT2D eigenvalue weighted by atomic mass is 16.1. The van der Waals surface area contributed by atoms with Crippen molar-refractivity contribution < 1.29 is 4.79 Å². The molecule has 4 N–H and O–H groups in total. The zero-order valence-corrected chi connectivity index (χ0v) is 8.79. The lowest BCUT2D eigenvalue weighted by Gasteiger charge is -1.94. The Morgan fingerprint density at radius 1 is 1.07 bits per heavy atom. The summed E-state index contributed by atoms with van der Waals surface area (Å²) in [4.78, 5) is 10.2. The Labute approximate surface area is 85.1 Å². The average Bonchev–Trinajstić information content (AvgIpc) is 2.22. The molecule has 0 atom stereocenters.